The molecule has 2 aliphatic carbocycles. The molecule has 0 aromatic heterocycles. The van der Waals surface area contributed by atoms with E-state index in [0.717, 1.165) is 17.7 Å². The van der Waals surface area contributed by atoms with Gasteiger partial charge in [-0.3, -0.25) is 5.41 Å². The lowest BCUT2D eigenvalue weighted by molar-refractivity contribution is 0.0824. The second-order valence-electron chi connectivity index (χ2n) is 6.53. The van der Waals surface area contributed by atoms with E-state index < -0.39 is 0 Å². The van der Waals surface area contributed by atoms with E-state index in [9.17, 15) is 0 Å². The van der Waals surface area contributed by atoms with E-state index in [2.05, 4.69) is 4.90 Å². The van der Waals surface area contributed by atoms with E-state index in [4.69, 9.17) is 10.1 Å². The summed E-state index contributed by atoms with van der Waals surface area (Å²) in [5, 5.41) is 8.33. The Morgan fingerprint density at radius 1 is 1.18 bits per heavy atom. The molecule has 0 radical (unpaired) electrons. The summed E-state index contributed by atoms with van der Waals surface area (Å²) < 4.78 is 5.79. The number of hydrogen-bond acceptors (Lipinski definition) is 2. The topological polar surface area (TPSA) is 39.6 Å². The van der Waals surface area contributed by atoms with Crippen molar-refractivity contribution in [3.8, 4) is 0 Å². The number of nitrogens with one attached hydrogen (secondary N) is 1. The first-order chi connectivity index (χ1) is 8.25. The van der Waals surface area contributed by atoms with Gasteiger partial charge in [-0.2, -0.15) is 0 Å². The molecule has 2 saturated carbocycles. The van der Waals surface area contributed by atoms with Gasteiger partial charge in [0.1, 0.15) is 11.9 Å². The molecule has 2 aliphatic heterocycles. The van der Waals surface area contributed by atoms with Crippen molar-refractivity contribution in [2.75, 3.05) is 7.05 Å². The molecule has 3 nitrogen and oxygen atoms in total. The van der Waals surface area contributed by atoms with Crippen LogP contribution in [0.4, 0.5) is 0 Å². The number of piperidine rings is 1. The number of rotatable bonds is 0. The van der Waals surface area contributed by atoms with Crippen molar-refractivity contribution < 1.29 is 4.74 Å². The molecule has 0 aromatic carbocycles. The normalized spacial score (nSPS) is 52.5. The van der Waals surface area contributed by atoms with Crippen LogP contribution < -0.4 is 0 Å². The van der Waals surface area contributed by atoms with Crippen LogP contribution in [-0.2, 0) is 4.74 Å². The van der Waals surface area contributed by atoms with Gasteiger partial charge in [-0.15, -0.1) is 0 Å². The van der Waals surface area contributed by atoms with Crippen LogP contribution in [-0.4, -0.2) is 30.1 Å². The van der Waals surface area contributed by atoms with E-state index in [1.54, 1.807) is 0 Å². The maximum atomic E-state index is 8.33. The molecule has 4 rings (SSSR count). The molecular weight excluding hydrogens is 212 g/mol. The molecule has 0 aromatic rings. The van der Waals surface area contributed by atoms with Gasteiger partial charge in [0.2, 0.25) is 0 Å². The minimum atomic E-state index is 0.254. The molecule has 3 heteroatoms. The van der Waals surface area contributed by atoms with Crippen molar-refractivity contribution in [3.63, 3.8) is 0 Å². The van der Waals surface area contributed by atoms with E-state index in [1.165, 1.54) is 38.5 Å². The van der Waals surface area contributed by atoms with Crippen molar-refractivity contribution >= 4 is 5.84 Å². The van der Waals surface area contributed by atoms with Gasteiger partial charge in [-0.05, 0) is 30.6 Å². The largest absolute Gasteiger partial charge is 0.347 e. The number of epoxide rings is 1. The molecule has 17 heavy (non-hydrogen) atoms. The molecule has 2 heterocycles. The summed E-state index contributed by atoms with van der Waals surface area (Å²) >= 11 is 0. The lowest BCUT2D eigenvalue weighted by Gasteiger charge is -2.46. The Bertz CT molecular complexity index is 356. The van der Waals surface area contributed by atoms with Crippen molar-refractivity contribution in [1.82, 2.24) is 4.90 Å². The summed E-state index contributed by atoms with van der Waals surface area (Å²) in [6.45, 7) is 0. The Hall–Kier alpha value is -0.570. The first-order valence-electron chi connectivity index (χ1n) is 7.22. The third kappa shape index (κ3) is 1.41. The minimum Gasteiger partial charge on any atom is -0.347 e. The van der Waals surface area contributed by atoms with Gasteiger partial charge >= 0.3 is 0 Å². The molecule has 0 amide bonds. The monoisotopic (exact) mass is 234 g/mol. The van der Waals surface area contributed by atoms with Gasteiger partial charge in [0.15, 0.2) is 6.23 Å². The smallest absolute Gasteiger partial charge is 0.158 e. The van der Waals surface area contributed by atoms with E-state index >= 15 is 0 Å². The van der Waals surface area contributed by atoms with E-state index in [0.29, 0.717) is 17.9 Å². The zero-order chi connectivity index (χ0) is 11.6. The second kappa shape index (κ2) is 3.47. The summed E-state index contributed by atoms with van der Waals surface area (Å²) in [5.41, 5.74) is 0. The van der Waals surface area contributed by atoms with Gasteiger partial charge in [0.05, 0.1) is 0 Å². The Kier molecular flexibility index (Phi) is 2.11. The van der Waals surface area contributed by atoms with Crippen molar-refractivity contribution in [2.45, 2.75) is 50.9 Å². The molecular formula is C14H22N2O. The number of likely N-dealkylation sites (tertiary alicyclic amines) is 1. The molecule has 4 fully saturated rings. The van der Waals surface area contributed by atoms with Crippen molar-refractivity contribution in [1.29, 1.82) is 5.41 Å². The van der Waals surface area contributed by atoms with Gasteiger partial charge in [0, 0.05) is 13.0 Å². The number of likely N-dealkylation sites (N-methyl/N-ethyl adjacent to an activating group) is 1. The highest BCUT2D eigenvalue weighted by atomic mass is 16.6. The summed E-state index contributed by atoms with van der Waals surface area (Å²) in [7, 11) is 2.04. The first-order valence-corrected chi connectivity index (χ1v) is 7.22. The van der Waals surface area contributed by atoms with Crippen LogP contribution in [0.1, 0.15) is 38.5 Å². The van der Waals surface area contributed by atoms with E-state index in [-0.39, 0.29) is 6.23 Å². The fourth-order valence-corrected chi connectivity index (χ4v) is 4.74. The lowest BCUT2D eigenvalue weighted by Crippen LogP contribution is -2.50. The second-order valence-corrected chi connectivity index (χ2v) is 6.53. The molecule has 94 valence electrons. The zero-order valence-electron chi connectivity index (χ0n) is 10.6. The van der Waals surface area contributed by atoms with Crippen LogP contribution in [0, 0.1) is 29.1 Å². The van der Waals surface area contributed by atoms with Crippen LogP contribution in [0.3, 0.4) is 0 Å². The maximum absolute atomic E-state index is 8.33. The summed E-state index contributed by atoms with van der Waals surface area (Å²) in [6.07, 6.45) is 9.03. The van der Waals surface area contributed by atoms with Crippen molar-refractivity contribution in [3.05, 3.63) is 0 Å². The van der Waals surface area contributed by atoms with Gasteiger partial charge in [-0.25, -0.2) is 0 Å². The van der Waals surface area contributed by atoms with Crippen LogP contribution >= 0.6 is 0 Å². The predicted molar refractivity (Wildman–Crippen MR) is 65.8 cm³/mol. The summed E-state index contributed by atoms with van der Waals surface area (Å²) in [6, 6.07) is 0. The van der Waals surface area contributed by atoms with Crippen LogP contribution in [0.15, 0.2) is 0 Å². The highest BCUT2D eigenvalue weighted by molar-refractivity contribution is 5.83. The number of nitrogens with zero attached hydrogens (tertiary/aromatic N) is 1. The SMILES string of the molecule is CN1C(=N)C2CC3CCCCC3CC2C2OC21. The Morgan fingerprint density at radius 3 is 2.65 bits per heavy atom. The summed E-state index contributed by atoms with van der Waals surface area (Å²) in [5.74, 6) is 3.89. The fourth-order valence-electron chi connectivity index (χ4n) is 4.74. The quantitative estimate of drug-likeness (QED) is 0.654. The molecule has 6 unspecified atom stereocenters. The number of ether oxygens (including phenoxy) is 1. The van der Waals surface area contributed by atoms with Crippen molar-refractivity contribution in [2.24, 2.45) is 23.7 Å². The predicted octanol–water partition coefficient (Wildman–Crippen LogP) is 2.47. The zero-order valence-corrected chi connectivity index (χ0v) is 10.6. The van der Waals surface area contributed by atoms with Crippen LogP contribution in [0.5, 0.6) is 0 Å². The fraction of sp³-hybridized carbons (Fsp3) is 0.929. The molecule has 0 spiro atoms. The Labute approximate surface area is 103 Å². The average molecular weight is 234 g/mol. The summed E-state index contributed by atoms with van der Waals surface area (Å²) in [4.78, 5) is 2.08. The number of fused-ring (bicyclic) bond motifs is 4. The molecule has 4 aliphatic rings. The number of amidine groups is 1. The highest BCUT2D eigenvalue weighted by Crippen LogP contribution is 2.53. The molecule has 1 N–H and O–H groups in total. The standard InChI is InChI=1S/C14H22N2O/c1-16-13(15)11-7-9-5-3-2-4-8(9)6-10(11)12-14(16)17-12/h8-12,14-15H,2-7H2,1H3. The Morgan fingerprint density at radius 2 is 1.88 bits per heavy atom. The van der Waals surface area contributed by atoms with Gasteiger partial charge in [-0.1, -0.05) is 25.7 Å². The Balaban J connectivity index is 1.59. The minimum absolute atomic E-state index is 0.254. The number of hydrogen-bond donors (Lipinski definition) is 1. The third-order valence-corrected chi connectivity index (χ3v) is 5.75. The maximum Gasteiger partial charge on any atom is 0.158 e. The van der Waals surface area contributed by atoms with Crippen LogP contribution in [0.2, 0.25) is 0 Å². The molecule has 6 atom stereocenters. The lowest BCUT2D eigenvalue weighted by atomic mass is 9.61. The molecule has 0 bridgehead atoms. The highest BCUT2D eigenvalue weighted by Gasteiger charge is 2.59. The van der Waals surface area contributed by atoms with E-state index in [1.807, 2.05) is 7.05 Å². The average Bonchev–Trinajstić information content (AvgIpc) is 3.15. The first kappa shape index (κ1) is 10.4. The van der Waals surface area contributed by atoms with Crippen LogP contribution in [0.25, 0.3) is 0 Å². The molecule has 2 saturated heterocycles. The van der Waals surface area contributed by atoms with Gasteiger partial charge in [0.25, 0.3) is 0 Å². The van der Waals surface area contributed by atoms with Gasteiger partial charge < -0.3 is 9.64 Å². The third-order valence-electron chi connectivity index (χ3n) is 5.75.